The third-order valence-corrected chi connectivity index (χ3v) is 5.06. The smallest absolute Gasteiger partial charge is 0.124 e. The average Bonchev–Trinajstić information content (AvgIpc) is 3.12. The van der Waals surface area contributed by atoms with Gasteiger partial charge in [0.15, 0.2) is 0 Å². The van der Waals surface area contributed by atoms with Crippen molar-refractivity contribution in [2.45, 2.75) is 24.1 Å². The number of methoxy groups -OCH3 is 1. The second kappa shape index (κ2) is 5.51. The predicted molar refractivity (Wildman–Crippen MR) is 75.2 cm³/mol. The van der Waals surface area contributed by atoms with Gasteiger partial charge in [0.05, 0.1) is 7.11 Å². The molecule has 0 aromatic heterocycles. The zero-order valence-electron chi connectivity index (χ0n) is 10.3. The van der Waals surface area contributed by atoms with Crippen LogP contribution in [0, 0.1) is 0 Å². The Morgan fingerprint density at radius 1 is 1.47 bits per heavy atom. The maximum Gasteiger partial charge on any atom is 0.124 e. The van der Waals surface area contributed by atoms with Crippen molar-refractivity contribution in [1.29, 1.82) is 0 Å². The number of hydrogen-bond donors (Lipinski definition) is 1. The van der Waals surface area contributed by atoms with Gasteiger partial charge < -0.3 is 10.1 Å². The summed E-state index contributed by atoms with van der Waals surface area (Å²) >= 11 is 8.14. The van der Waals surface area contributed by atoms with E-state index in [1.807, 2.05) is 30.0 Å². The van der Waals surface area contributed by atoms with Gasteiger partial charge in [-0.3, -0.25) is 0 Å². The molecule has 0 unspecified atom stereocenters. The summed E-state index contributed by atoms with van der Waals surface area (Å²) in [6.45, 7) is 1.81. The van der Waals surface area contributed by atoms with Crippen LogP contribution in [0.4, 0.5) is 0 Å². The molecule has 0 heterocycles. The van der Waals surface area contributed by atoms with Crippen LogP contribution in [0.2, 0.25) is 5.02 Å². The van der Waals surface area contributed by atoms with Crippen molar-refractivity contribution in [3.63, 3.8) is 0 Å². The first-order valence-corrected chi connectivity index (χ1v) is 7.38. The van der Waals surface area contributed by atoms with Crippen molar-refractivity contribution in [2.75, 3.05) is 19.9 Å². The summed E-state index contributed by atoms with van der Waals surface area (Å²) in [5.41, 5.74) is 1.05. The summed E-state index contributed by atoms with van der Waals surface area (Å²) in [5.74, 6) is 0.860. The largest absolute Gasteiger partial charge is 0.496 e. The molecule has 94 valence electrons. The predicted octanol–water partition coefficient (Wildman–Crippen LogP) is 3.33. The van der Waals surface area contributed by atoms with Crippen LogP contribution in [0.1, 0.15) is 18.4 Å². The summed E-state index contributed by atoms with van der Waals surface area (Å²) in [5, 5.41) is 4.25. The number of rotatable bonds is 6. The van der Waals surface area contributed by atoms with Crippen molar-refractivity contribution < 1.29 is 4.74 Å². The highest BCUT2D eigenvalue weighted by atomic mass is 35.5. The van der Waals surface area contributed by atoms with Gasteiger partial charge >= 0.3 is 0 Å². The zero-order valence-corrected chi connectivity index (χ0v) is 11.8. The molecule has 17 heavy (non-hydrogen) atoms. The third-order valence-electron chi connectivity index (χ3n) is 3.29. The number of hydrogen-bond acceptors (Lipinski definition) is 3. The van der Waals surface area contributed by atoms with E-state index in [2.05, 4.69) is 11.6 Å². The fourth-order valence-corrected chi connectivity index (χ4v) is 2.90. The van der Waals surface area contributed by atoms with E-state index >= 15 is 0 Å². The Morgan fingerprint density at radius 2 is 2.24 bits per heavy atom. The highest BCUT2D eigenvalue weighted by molar-refractivity contribution is 8.00. The van der Waals surface area contributed by atoms with E-state index in [4.69, 9.17) is 16.3 Å². The molecule has 0 spiro atoms. The molecule has 1 aromatic carbocycles. The SMILES string of the molecule is COc1cccc(Cl)c1CNCC1(SC)CC1. The minimum absolute atomic E-state index is 0.481. The monoisotopic (exact) mass is 271 g/mol. The Bertz CT molecular complexity index is 393. The van der Waals surface area contributed by atoms with Gasteiger partial charge in [-0.1, -0.05) is 17.7 Å². The molecule has 0 saturated heterocycles. The molecule has 1 N–H and O–H groups in total. The van der Waals surface area contributed by atoms with Crippen LogP contribution in [0.15, 0.2) is 18.2 Å². The van der Waals surface area contributed by atoms with Crippen molar-refractivity contribution in [2.24, 2.45) is 0 Å². The van der Waals surface area contributed by atoms with Crippen LogP contribution in [0.3, 0.4) is 0 Å². The normalized spacial score (nSPS) is 16.9. The molecule has 4 heteroatoms. The van der Waals surface area contributed by atoms with Gasteiger partial charge in [0.2, 0.25) is 0 Å². The summed E-state index contributed by atoms with van der Waals surface area (Å²) in [4.78, 5) is 0. The number of ether oxygens (including phenoxy) is 1. The van der Waals surface area contributed by atoms with E-state index in [1.165, 1.54) is 12.8 Å². The van der Waals surface area contributed by atoms with E-state index in [0.717, 1.165) is 29.4 Å². The Balaban J connectivity index is 1.94. The van der Waals surface area contributed by atoms with Gasteiger partial charge in [-0.25, -0.2) is 0 Å². The van der Waals surface area contributed by atoms with Crippen molar-refractivity contribution >= 4 is 23.4 Å². The van der Waals surface area contributed by atoms with Crippen molar-refractivity contribution in [3.05, 3.63) is 28.8 Å². The fourth-order valence-electron chi connectivity index (χ4n) is 1.91. The van der Waals surface area contributed by atoms with Crippen LogP contribution in [-0.2, 0) is 6.54 Å². The van der Waals surface area contributed by atoms with E-state index < -0.39 is 0 Å². The molecule has 2 nitrogen and oxygen atoms in total. The Kier molecular flexibility index (Phi) is 4.23. The summed E-state index contributed by atoms with van der Waals surface area (Å²) < 4.78 is 5.80. The molecular weight excluding hydrogens is 254 g/mol. The van der Waals surface area contributed by atoms with Gasteiger partial charge in [-0.15, -0.1) is 0 Å². The fraction of sp³-hybridized carbons (Fsp3) is 0.538. The highest BCUT2D eigenvalue weighted by Gasteiger charge is 2.41. The number of thioether (sulfide) groups is 1. The van der Waals surface area contributed by atoms with Crippen LogP contribution < -0.4 is 10.1 Å². The highest BCUT2D eigenvalue weighted by Crippen LogP contribution is 2.46. The Hall–Kier alpha value is -0.380. The summed E-state index contributed by atoms with van der Waals surface area (Å²) in [6, 6.07) is 5.77. The molecule has 1 aliphatic rings. The Labute approximate surface area is 112 Å². The number of nitrogens with one attached hydrogen (secondary N) is 1. The molecule has 0 atom stereocenters. The van der Waals surface area contributed by atoms with Gasteiger partial charge in [0.25, 0.3) is 0 Å². The van der Waals surface area contributed by atoms with Crippen LogP contribution in [0.5, 0.6) is 5.75 Å². The average molecular weight is 272 g/mol. The van der Waals surface area contributed by atoms with Gasteiger partial charge in [-0.05, 0) is 31.2 Å². The molecular formula is C13H18ClNOS. The molecule has 0 bridgehead atoms. The molecule has 2 rings (SSSR count). The molecule has 1 saturated carbocycles. The number of halogens is 1. The topological polar surface area (TPSA) is 21.3 Å². The lowest BCUT2D eigenvalue weighted by Gasteiger charge is -2.15. The van der Waals surface area contributed by atoms with Gasteiger partial charge in [0.1, 0.15) is 5.75 Å². The second-order valence-electron chi connectivity index (χ2n) is 4.41. The van der Waals surface area contributed by atoms with Crippen LogP contribution >= 0.6 is 23.4 Å². The lowest BCUT2D eigenvalue weighted by molar-refractivity contribution is 0.407. The minimum atomic E-state index is 0.481. The maximum atomic E-state index is 6.18. The quantitative estimate of drug-likeness (QED) is 0.858. The first-order valence-electron chi connectivity index (χ1n) is 5.78. The van der Waals surface area contributed by atoms with E-state index in [1.54, 1.807) is 7.11 Å². The second-order valence-corrected chi connectivity index (χ2v) is 6.09. The standard InChI is InChI=1S/C13H18ClNOS/c1-16-12-5-3-4-11(14)10(12)8-15-9-13(17-2)6-7-13/h3-5,15H,6-9H2,1-2H3. The zero-order chi connectivity index (χ0) is 12.3. The van der Waals surface area contributed by atoms with E-state index in [0.29, 0.717) is 4.75 Å². The first-order chi connectivity index (χ1) is 8.21. The van der Waals surface area contributed by atoms with E-state index in [9.17, 15) is 0 Å². The molecule has 0 amide bonds. The van der Waals surface area contributed by atoms with Crippen molar-refractivity contribution in [1.82, 2.24) is 5.32 Å². The molecule has 1 aromatic rings. The molecule has 0 aliphatic heterocycles. The first kappa shape index (κ1) is 13.1. The third kappa shape index (κ3) is 3.09. The summed E-state index contributed by atoms with van der Waals surface area (Å²) in [7, 11) is 1.68. The molecule has 1 fully saturated rings. The minimum Gasteiger partial charge on any atom is -0.496 e. The lowest BCUT2D eigenvalue weighted by Crippen LogP contribution is -2.25. The number of benzene rings is 1. The maximum absolute atomic E-state index is 6.18. The summed E-state index contributed by atoms with van der Waals surface area (Å²) in [6.07, 6.45) is 4.83. The van der Waals surface area contributed by atoms with Crippen LogP contribution in [-0.4, -0.2) is 24.7 Å². The van der Waals surface area contributed by atoms with Gasteiger partial charge in [0, 0.05) is 28.4 Å². The molecule has 1 aliphatic carbocycles. The van der Waals surface area contributed by atoms with E-state index in [-0.39, 0.29) is 0 Å². The molecule has 0 radical (unpaired) electrons. The van der Waals surface area contributed by atoms with Crippen molar-refractivity contribution in [3.8, 4) is 5.75 Å². The lowest BCUT2D eigenvalue weighted by atomic mass is 10.2. The van der Waals surface area contributed by atoms with Crippen LogP contribution in [0.25, 0.3) is 0 Å². The Morgan fingerprint density at radius 3 is 2.82 bits per heavy atom. The van der Waals surface area contributed by atoms with Gasteiger partial charge in [-0.2, -0.15) is 11.8 Å².